The molecule has 16 nitrogen and oxygen atoms in total. The second-order valence-corrected chi connectivity index (χ2v) is 10.8. The van der Waals surface area contributed by atoms with Gasteiger partial charge in [-0.3, -0.25) is 28.8 Å². The lowest BCUT2D eigenvalue weighted by atomic mass is 9.89. The highest BCUT2D eigenvalue weighted by Crippen LogP contribution is 2.45. The highest BCUT2D eigenvalue weighted by Gasteiger charge is 2.57. The summed E-state index contributed by atoms with van der Waals surface area (Å²) in [5.74, 6) is -5.20. The third-order valence-corrected chi connectivity index (χ3v) is 7.22. The Balaban J connectivity index is 2.76. The molecule has 0 spiro atoms. The van der Waals surface area contributed by atoms with Gasteiger partial charge in [-0.05, 0) is 24.6 Å². The van der Waals surface area contributed by atoms with E-state index in [1.165, 1.54) is 0 Å². The van der Waals surface area contributed by atoms with Crippen LogP contribution in [0.3, 0.4) is 0 Å². The number of nitrogens with zero attached hydrogens (tertiary/aromatic N) is 3. The van der Waals surface area contributed by atoms with Gasteiger partial charge in [-0.15, -0.1) is 0 Å². The fourth-order valence-electron chi connectivity index (χ4n) is 4.27. The van der Waals surface area contributed by atoms with Gasteiger partial charge in [0.25, 0.3) is 11.8 Å². The van der Waals surface area contributed by atoms with Gasteiger partial charge < -0.3 is 34.7 Å². The quantitative estimate of drug-likeness (QED) is 0.104. The molecule has 1 aliphatic rings. The second kappa shape index (κ2) is 15.8. The normalized spacial score (nSPS) is 22.5. The molecule has 17 heteroatoms. The van der Waals surface area contributed by atoms with Gasteiger partial charge in [0.15, 0.2) is 12.7 Å². The average molecular weight is 624 g/mol. The van der Waals surface area contributed by atoms with Crippen LogP contribution in [0.4, 0.5) is 0 Å². The Morgan fingerprint density at radius 1 is 1.07 bits per heavy atom. The lowest BCUT2D eigenvalue weighted by molar-refractivity contribution is -0.213. The number of aryl methyl sites for hydroxylation is 1. The van der Waals surface area contributed by atoms with Crippen molar-refractivity contribution in [3.63, 3.8) is 0 Å². The summed E-state index contributed by atoms with van der Waals surface area (Å²) in [7, 11) is 0. The van der Waals surface area contributed by atoms with E-state index < -0.39 is 90.7 Å². The van der Waals surface area contributed by atoms with E-state index in [0.717, 1.165) is 45.0 Å². The van der Waals surface area contributed by atoms with E-state index in [0.29, 0.717) is 4.90 Å². The standard InChI is InChI=1S/C26H33N5O11S/c1-13-6-8-18(9-7-13)43-26(25(27)37)10-19(39-15(3)33)22(30-21(36)12-38-14(2)32)24(42-26)23(41-17(5)35)20(11-29-31-28)40-16(4)34/h6-9,19-20,22-24H,10-12H2,1-5H3,(H2,27,37)(H,30,36)/t19-,20+,22+,23+,24+,26+/m0/s1. The average Bonchev–Trinajstić information content (AvgIpc) is 2.90. The molecule has 3 N–H and O–H groups in total. The summed E-state index contributed by atoms with van der Waals surface area (Å²) in [4.78, 5) is 75.0. The summed E-state index contributed by atoms with van der Waals surface area (Å²) in [5.41, 5.74) is 15.7. The Bertz CT molecular complexity index is 1270. The number of nitrogens with two attached hydrogens (primary N) is 1. The molecule has 1 aromatic rings. The summed E-state index contributed by atoms with van der Waals surface area (Å²) in [6.45, 7) is 4.82. The highest BCUT2D eigenvalue weighted by molar-refractivity contribution is 8.01. The largest absolute Gasteiger partial charge is 0.460 e. The Labute approximate surface area is 250 Å². The van der Waals surface area contributed by atoms with Gasteiger partial charge in [0, 0.05) is 43.9 Å². The van der Waals surface area contributed by atoms with Gasteiger partial charge in [-0.1, -0.05) is 34.6 Å². The van der Waals surface area contributed by atoms with Gasteiger partial charge in [0.1, 0.15) is 18.3 Å². The first-order valence-electron chi connectivity index (χ1n) is 12.9. The number of carbonyl (C=O) groups excluding carboxylic acids is 6. The van der Waals surface area contributed by atoms with Crippen LogP contribution in [-0.4, -0.2) is 84.2 Å². The second-order valence-electron chi connectivity index (χ2n) is 9.48. The van der Waals surface area contributed by atoms with Crippen molar-refractivity contribution in [2.24, 2.45) is 10.8 Å². The number of thioether (sulfide) groups is 1. The van der Waals surface area contributed by atoms with Crippen molar-refractivity contribution in [2.45, 2.75) is 81.3 Å². The van der Waals surface area contributed by atoms with Crippen molar-refractivity contribution in [3.05, 3.63) is 40.3 Å². The van der Waals surface area contributed by atoms with Crippen LogP contribution in [0.2, 0.25) is 0 Å². The van der Waals surface area contributed by atoms with Gasteiger partial charge >= 0.3 is 23.9 Å². The molecule has 2 rings (SSSR count). The minimum atomic E-state index is -1.99. The van der Waals surface area contributed by atoms with E-state index in [1.807, 2.05) is 6.92 Å². The molecular formula is C26H33N5O11S. The lowest BCUT2D eigenvalue weighted by Crippen LogP contribution is -2.68. The zero-order valence-corrected chi connectivity index (χ0v) is 25.0. The molecule has 2 amide bonds. The van der Waals surface area contributed by atoms with Crippen molar-refractivity contribution in [2.75, 3.05) is 13.2 Å². The first-order valence-corrected chi connectivity index (χ1v) is 13.7. The smallest absolute Gasteiger partial charge is 0.303 e. The van der Waals surface area contributed by atoms with E-state index >= 15 is 0 Å². The lowest BCUT2D eigenvalue weighted by Gasteiger charge is -2.48. The molecule has 0 unspecified atom stereocenters. The summed E-state index contributed by atoms with van der Waals surface area (Å²) in [6.07, 6.45) is -6.51. The molecule has 6 atom stereocenters. The number of esters is 4. The monoisotopic (exact) mass is 623 g/mol. The number of hydrogen-bond acceptors (Lipinski definition) is 13. The molecule has 0 radical (unpaired) electrons. The van der Waals surface area contributed by atoms with Crippen molar-refractivity contribution in [1.29, 1.82) is 0 Å². The summed E-state index contributed by atoms with van der Waals surface area (Å²) >= 11 is 0.878. The summed E-state index contributed by atoms with van der Waals surface area (Å²) in [6, 6.07) is 5.55. The number of rotatable bonds is 13. The number of azide groups is 1. The maximum atomic E-state index is 13.1. The molecule has 0 aliphatic carbocycles. The number of carbonyl (C=O) groups is 6. The molecule has 0 bridgehead atoms. The molecule has 43 heavy (non-hydrogen) atoms. The highest BCUT2D eigenvalue weighted by atomic mass is 32.2. The molecule has 0 aromatic heterocycles. The van der Waals surface area contributed by atoms with Crippen LogP contribution in [-0.2, 0) is 52.5 Å². The van der Waals surface area contributed by atoms with Crippen LogP contribution in [0.25, 0.3) is 10.4 Å². The van der Waals surface area contributed by atoms with Crippen LogP contribution in [0.15, 0.2) is 34.3 Å². The summed E-state index contributed by atoms with van der Waals surface area (Å²) < 4.78 is 27.4. The van der Waals surface area contributed by atoms with Gasteiger partial charge in [0.2, 0.25) is 4.93 Å². The minimum absolute atomic E-state index is 0.392. The van der Waals surface area contributed by atoms with Crippen LogP contribution in [0.5, 0.6) is 0 Å². The van der Waals surface area contributed by atoms with Gasteiger partial charge in [0.05, 0.1) is 12.6 Å². The molecule has 1 aromatic carbocycles. The number of benzene rings is 1. The molecule has 1 fully saturated rings. The fraction of sp³-hybridized carbons (Fsp3) is 0.538. The van der Waals surface area contributed by atoms with Crippen LogP contribution < -0.4 is 11.1 Å². The summed E-state index contributed by atoms with van der Waals surface area (Å²) in [5, 5.41) is 5.96. The predicted molar refractivity (Wildman–Crippen MR) is 148 cm³/mol. The molecule has 234 valence electrons. The Kier molecular flexibility index (Phi) is 12.8. The molecule has 1 saturated heterocycles. The number of hydrogen-bond donors (Lipinski definition) is 2. The minimum Gasteiger partial charge on any atom is -0.460 e. The van der Waals surface area contributed by atoms with Crippen molar-refractivity contribution < 1.29 is 52.5 Å². The Morgan fingerprint density at radius 3 is 2.21 bits per heavy atom. The zero-order valence-electron chi connectivity index (χ0n) is 24.1. The van der Waals surface area contributed by atoms with E-state index in [9.17, 15) is 28.8 Å². The van der Waals surface area contributed by atoms with Crippen LogP contribution in [0, 0.1) is 6.92 Å². The zero-order chi connectivity index (χ0) is 32.3. The SMILES string of the molecule is CC(=O)OCC(=O)N[C@H]1[C@H]([C@H](OC(C)=O)[C@@H](CN=[N+]=[N-])OC(C)=O)O[C@](Sc2ccc(C)cc2)(C(N)=O)C[C@@H]1OC(C)=O. The molecular weight excluding hydrogens is 590 g/mol. The molecule has 0 saturated carbocycles. The fourth-order valence-corrected chi connectivity index (χ4v) is 5.43. The first-order chi connectivity index (χ1) is 20.2. The topological polar surface area (TPSA) is 235 Å². The number of primary amides is 1. The Morgan fingerprint density at radius 2 is 1.70 bits per heavy atom. The van der Waals surface area contributed by atoms with Crippen molar-refractivity contribution in [1.82, 2.24) is 5.32 Å². The Hall–Kier alpha value is -4.34. The maximum Gasteiger partial charge on any atom is 0.303 e. The van der Waals surface area contributed by atoms with E-state index in [1.54, 1.807) is 24.3 Å². The van der Waals surface area contributed by atoms with E-state index in [-0.39, 0.29) is 0 Å². The van der Waals surface area contributed by atoms with Gasteiger partial charge in [-0.25, -0.2) is 0 Å². The third-order valence-electron chi connectivity index (χ3n) is 5.92. The maximum absolute atomic E-state index is 13.1. The third kappa shape index (κ3) is 10.5. The number of amides is 2. The van der Waals surface area contributed by atoms with Gasteiger partial charge in [-0.2, -0.15) is 0 Å². The van der Waals surface area contributed by atoms with Crippen LogP contribution >= 0.6 is 11.8 Å². The van der Waals surface area contributed by atoms with Crippen LogP contribution in [0.1, 0.15) is 39.7 Å². The first kappa shape index (κ1) is 34.9. The predicted octanol–water partition coefficient (Wildman–Crippen LogP) is 1.21. The van der Waals surface area contributed by atoms with E-state index in [4.69, 9.17) is 34.9 Å². The van der Waals surface area contributed by atoms with Crippen molar-refractivity contribution >= 4 is 47.5 Å². The molecule has 1 heterocycles. The van der Waals surface area contributed by atoms with E-state index in [2.05, 4.69) is 15.3 Å². The molecule has 1 aliphatic heterocycles. The number of nitrogens with one attached hydrogen (secondary N) is 1. The number of ether oxygens (including phenoxy) is 5. The van der Waals surface area contributed by atoms with Crippen molar-refractivity contribution in [3.8, 4) is 0 Å².